The maximum atomic E-state index is 8.92. The minimum Gasteiger partial charge on any atom is -0.395 e. The Bertz CT molecular complexity index is 259. The minimum absolute atomic E-state index is 0.182. The first kappa shape index (κ1) is 10.2. The lowest BCUT2D eigenvalue weighted by atomic mass is 10.3. The summed E-state index contributed by atoms with van der Waals surface area (Å²) in [7, 11) is 3.88. The Labute approximate surface area is 78.8 Å². The van der Waals surface area contributed by atoms with Crippen molar-refractivity contribution in [2.75, 3.05) is 13.7 Å². The first-order valence-electron chi connectivity index (χ1n) is 4.43. The number of aryl methyl sites for hydroxylation is 1. The Kier molecular flexibility index (Phi) is 3.45. The Morgan fingerprint density at radius 3 is 2.85 bits per heavy atom. The Hall–Kier alpha value is -0.870. The molecule has 0 aromatic carbocycles. The number of nitrogens with zero attached hydrogens (tertiary/aromatic N) is 3. The molecule has 1 heterocycles. The smallest absolute Gasteiger partial charge is 0.0764 e. The first-order chi connectivity index (χ1) is 6.13. The fraction of sp³-hybridized carbons (Fsp3) is 0.667. The van der Waals surface area contributed by atoms with E-state index in [1.165, 1.54) is 0 Å². The van der Waals surface area contributed by atoms with Crippen LogP contribution in [-0.4, -0.2) is 39.5 Å². The highest BCUT2D eigenvalue weighted by Crippen LogP contribution is 2.02. The maximum Gasteiger partial charge on any atom is 0.0764 e. The van der Waals surface area contributed by atoms with E-state index < -0.39 is 0 Å². The SMILES string of the molecule is CC(CO)N(C)Cc1ccn(C)n1. The average Bonchev–Trinajstić information content (AvgIpc) is 2.49. The summed E-state index contributed by atoms with van der Waals surface area (Å²) in [5, 5.41) is 13.2. The molecule has 0 spiro atoms. The third-order valence-electron chi connectivity index (χ3n) is 2.20. The van der Waals surface area contributed by atoms with Crippen molar-refractivity contribution in [2.45, 2.75) is 19.5 Å². The van der Waals surface area contributed by atoms with Gasteiger partial charge in [-0.3, -0.25) is 9.58 Å². The zero-order valence-electron chi connectivity index (χ0n) is 8.44. The van der Waals surface area contributed by atoms with E-state index in [4.69, 9.17) is 5.11 Å². The number of likely N-dealkylation sites (N-methyl/N-ethyl adjacent to an activating group) is 1. The third kappa shape index (κ3) is 2.82. The fourth-order valence-electron chi connectivity index (χ4n) is 1.10. The Morgan fingerprint density at radius 2 is 2.38 bits per heavy atom. The predicted molar refractivity (Wildman–Crippen MR) is 51.2 cm³/mol. The van der Waals surface area contributed by atoms with Gasteiger partial charge in [-0.25, -0.2) is 0 Å². The van der Waals surface area contributed by atoms with Gasteiger partial charge in [0.15, 0.2) is 0 Å². The lowest BCUT2D eigenvalue weighted by Crippen LogP contribution is -2.31. The normalized spacial score (nSPS) is 13.6. The van der Waals surface area contributed by atoms with Gasteiger partial charge in [-0.1, -0.05) is 0 Å². The van der Waals surface area contributed by atoms with Crippen molar-refractivity contribution in [3.05, 3.63) is 18.0 Å². The van der Waals surface area contributed by atoms with Crippen LogP contribution in [0.3, 0.4) is 0 Å². The molecule has 0 amide bonds. The van der Waals surface area contributed by atoms with Gasteiger partial charge >= 0.3 is 0 Å². The van der Waals surface area contributed by atoms with Gasteiger partial charge in [-0.15, -0.1) is 0 Å². The number of hydrogen-bond acceptors (Lipinski definition) is 3. The van der Waals surface area contributed by atoms with Crippen molar-refractivity contribution in [3.8, 4) is 0 Å². The molecule has 1 aromatic heterocycles. The molecule has 0 fully saturated rings. The molecule has 1 N–H and O–H groups in total. The lowest BCUT2D eigenvalue weighted by Gasteiger charge is -2.21. The summed E-state index contributed by atoms with van der Waals surface area (Å²) in [4.78, 5) is 2.07. The molecule has 0 saturated carbocycles. The number of hydrogen-bond donors (Lipinski definition) is 1. The average molecular weight is 183 g/mol. The molecule has 1 unspecified atom stereocenters. The van der Waals surface area contributed by atoms with E-state index in [0.29, 0.717) is 0 Å². The maximum absolute atomic E-state index is 8.92. The molecular weight excluding hydrogens is 166 g/mol. The highest BCUT2D eigenvalue weighted by molar-refractivity contribution is 4.98. The zero-order valence-corrected chi connectivity index (χ0v) is 8.44. The van der Waals surface area contributed by atoms with Crippen LogP contribution in [-0.2, 0) is 13.6 Å². The molecule has 0 radical (unpaired) electrons. The van der Waals surface area contributed by atoms with E-state index in [1.54, 1.807) is 4.68 Å². The van der Waals surface area contributed by atoms with Crippen LogP contribution in [0, 0.1) is 0 Å². The molecule has 74 valence electrons. The Morgan fingerprint density at radius 1 is 1.69 bits per heavy atom. The largest absolute Gasteiger partial charge is 0.395 e. The summed E-state index contributed by atoms with van der Waals surface area (Å²) in [5.41, 5.74) is 1.03. The van der Waals surface area contributed by atoms with Crippen LogP contribution < -0.4 is 0 Å². The molecular formula is C9H17N3O. The highest BCUT2D eigenvalue weighted by atomic mass is 16.3. The Balaban J connectivity index is 2.49. The molecule has 1 atom stereocenters. The van der Waals surface area contributed by atoms with Crippen LogP contribution in [0.15, 0.2) is 12.3 Å². The predicted octanol–water partition coefficient (Wildman–Crippen LogP) is 0.233. The first-order valence-corrected chi connectivity index (χ1v) is 4.43. The van der Waals surface area contributed by atoms with E-state index in [2.05, 4.69) is 10.00 Å². The van der Waals surface area contributed by atoms with Crippen LogP contribution in [0.25, 0.3) is 0 Å². The van der Waals surface area contributed by atoms with Gasteiger partial charge in [0.1, 0.15) is 0 Å². The molecule has 0 bridgehead atoms. The van der Waals surface area contributed by atoms with Gasteiger partial charge in [-0.05, 0) is 20.0 Å². The summed E-state index contributed by atoms with van der Waals surface area (Å²) >= 11 is 0. The molecule has 13 heavy (non-hydrogen) atoms. The number of aliphatic hydroxyl groups is 1. The number of aromatic nitrogens is 2. The van der Waals surface area contributed by atoms with Crippen LogP contribution in [0.1, 0.15) is 12.6 Å². The van der Waals surface area contributed by atoms with Crippen molar-refractivity contribution in [1.82, 2.24) is 14.7 Å². The van der Waals surface area contributed by atoms with Crippen LogP contribution >= 0.6 is 0 Å². The van der Waals surface area contributed by atoms with Gasteiger partial charge in [-0.2, -0.15) is 5.10 Å². The van der Waals surface area contributed by atoms with Crippen LogP contribution in [0.5, 0.6) is 0 Å². The number of aliphatic hydroxyl groups excluding tert-OH is 1. The van der Waals surface area contributed by atoms with Gasteiger partial charge in [0.2, 0.25) is 0 Å². The van der Waals surface area contributed by atoms with E-state index in [9.17, 15) is 0 Å². The number of rotatable bonds is 4. The summed E-state index contributed by atoms with van der Waals surface area (Å²) in [5.74, 6) is 0. The highest BCUT2D eigenvalue weighted by Gasteiger charge is 2.08. The lowest BCUT2D eigenvalue weighted by molar-refractivity contribution is 0.152. The molecule has 1 aromatic rings. The monoisotopic (exact) mass is 183 g/mol. The summed E-state index contributed by atoms with van der Waals surface area (Å²) in [6, 6.07) is 2.17. The van der Waals surface area contributed by atoms with Crippen molar-refractivity contribution in [1.29, 1.82) is 0 Å². The van der Waals surface area contributed by atoms with E-state index >= 15 is 0 Å². The van der Waals surface area contributed by atoms with Crippen molar-refractivity contribution < 1.29 is 5.11 Å². The van der Waals surface area contributed by atoms with Crippen LogP contribution in [0.4, 0.5) is 0 Å². The molecule has 0 saturated heterocycles. The standard InChI is InChI=1S/C9H17N3O/c1-8(7-13)11(2)6-9-4-5-12(3)10-9/h4-5,8,13H,6-7H2,1-3H3. The van der Waals surface area contributed by atoms with Gasteiger partial charge in [0, 0.05) is 25.8 Å². The van der Waals surface area contributed by atoms with E-state index in [-0.39, 0.29) is 12.6 Å². The second-order valence-electron chi connectivity index (χ2n) is 3.43. The molecule has 0 aliphatic heterocycles. The fourth-order valence-corrected chi connectivity index (χ4v) is 1.10. The van der Waals surface area contributed by atoms with Crippen molar-refractivity contribution in [3.63, 3.8) is 0 Å². The topological polar surface area (TPSA) is 41.3 Å². The quantitative estimate of drug-likeness (QED) is 0.726. The van der Waals surface area contributed by atoms with Gasteiger partial charge in [0.05, 0.1) is 12.3 Å². The van der Waals surface area contributed by atoms with Crippen molar-refractivity contribution in [2.24, 2.45) is 7.05 Å². The molecule has 0 aliphatic rings. The van der Waals surface area contributed by atoms with E-state index in [0.717, 1.165) is 12.2 Å². The second kappa shape index (κ2) is 4.39. The van der Waals surface area contributed by atoms with Gasteiger partial charge in [0.25, 0.3) is 0 Å². The second-order valence-corrected chi connectivity index (χ2v) is 3.43. The molecule has 0 aliphatic carbocycles. The summed E-state index contributed by atoms with van der Waals surface area (Å²) in [6.07, 6.45) is 1.92. The van der Waals surface area contributed by atoms with Crippen molar-refractivity contribution >= 4 is 0 Å². The van der Waals surface area contributed by atoms with Gasteiger partial charge < -0.3 is 5.11 Å². The summed E-state index contributed by atoms with van der Waals surface area (Å²) in [6.45, 7) is 2.95. The third-order valence-corrected chi connectivity index (χ3v) is 2.20. The molecule has 4 heteroatoms. The molecule has 1 rings (SSSR count). The molecule has 4 nitrogen and oxygen atoms in total. The van der Waals surface area contributed by atoms with E-state index in [1.807, 2.05) is 33.3 Å². The zero-order chi connectivity index (χ0) is 9.84. The summed E-state index contributed by atoms with van der Waals surface area (Å²) < 4.78 is 1.78. The minimum atomic E-state index is 0.182. The van der Waals surface area contributed by atoms with Crippen LogP contribution in [0.2, 0.25) is 0 Å².